The summed E-state index contributed by atoms with van der Waals surface area (Å²) >= 11 is 0. The minimum absolute atomic E-state index is 0.151. The second-order valence-electron chi connectivity index (χ2n) is 6.22. The Labute approximate surface area is 158 Å². The normalized spacial score (nSPS) is 12.5. The van der Waals surface area contributed by atoms with Gasteiger partial charge in [-0.3, -0.25) is 4.55 Å². The smallest absolute Gasteiger partial charge is 0.269 e. The van der Waals surface area contributed by atoms with E-state index < -0.39 is 15.9 Å². The first-order chi connectivity index (χ1) is 12.9. The minimum Gasteiger partial charge on any atom is -0.508 e. The molecule has 0 saturated heterocycles. The van der Waals surface area contributed by atoms with Crippen molar-refractivity contribution in [3.8, 4) is 11.5 Å². The third-order valence-corrected chi connectivity index (χ3v) is 5.06. The Morgan fingerprint density at radius 1 is 0.889 bits per heavy atom. The lowest BCUT2D eigenvalue weighted by Crippen LogP contribution is -2.10. The number of benzene rings is 3. The minimum atomic E-state index is -4.17. The topological polar surface area (TPSA) is 83.8 Å². The molecule has 6 heteroatoms. The Balaban J connectivity index is 2.17. The summed E-state index contributed by atoms with van der Waals surface area (Å²) in [6.07, 6.45) is 0. The molecule has 0 aromatic heterocycles. The van der Waals surface area contributed by atoms with Crippen molar-refractivity contribution in [2.75, 3.05) is 7.11 Å². The van der Waals surface area contributed by atoms with Gasteiger partial charge in [0.15, 0.2) is 0 Å². The number of aromatic hydroxyl groups is 1. The van der Waals surface area contributed by atoms with Crippen LogP contribution in [0.2, 0.25) is 0 Å². The van der Waals surface area contributed by atoms with E-state index in [0.717, 1.165) is 22.4 Å². The lowest BCUT2D eigenvalue weighted by molar-refractivity contribution is 0.414. The molecular weight excluding hydrogens is 364 g/mol. The van der Waals surface area contributed by atoms with Gasteiger partial charge in [-0.15, -0.1) is 0 Å². The monoisotopic (exact) mass is 384 g/mol. The number of methoxy groups -OCH3 is 1. The van der Waals surface area contributed by atoms with Crippen LogP contribution in [0.5, 0.6) is 11.5 Å². The van der Waals surface area contributed by atoms with Crippen molar-refractivity contribution < 1.29 is 22.8 Å². The highest BCUT2D eigenvalue weighted by molar-refractivity contribution is 7.85. The third kappa shape index (κ3) is 4.67. The summed E-state index contributed by atoms with van der Waals surface area (Å²) in [5.74, 6) is 0.135. The van der Waals surface area contributed by atoms with Crippen LogP contribution in [0.15, 0.2) is 72.8 Å². The van der Waals surface area contributed by atoms with E-state index in [4.69, 9.17) is 4.74 Å². The predicted octanol–water partition coefficient (Wildman–Crippen LogP) is 3.97. The van der Waals surface area contributed by atoms with Crippen molar-refractivity contribution in [2.24, 2.45) is 0 Å². The molecular formula is C21H20O5S. The van der Waals surface area contributed by atoms with Crippen molar-refractivity contribution in [1.29, 1.82) is 0 Å². The SMILES string of the molecule is COc1ccc(C(c2ccc(O)cc2)c2ccccc2CS(=O)(=O)O)cc1. The van der Waals surface area contributed by atoms with Crippen molar-refractivity contribution in [3.05, 3.63) is 95.1 Å². The molecule has 0 bridgehead atoms. The van der Waals surface area contributed by atoms with E-state index in [1.165, 1.54) is 0 Å². The molecule has 0 saturated carbocycles. The molecule has 2 N–H and O–H groups in total. The second-order valence-corrected chi connectivity index (χ2v) is 7.68. The molecule has 1 unspecified atom stereocenters. The molecule has 0 aliphatic rings. The van der Waals surface area contributed by atoms with E-state index >= 15 is 0 Å². The zero-order valence-corrected chi connectivity index (χ0v) is 15.6. The standard InChI is InChI=1S/C21H20O5S/c1-26-19-12-8-16(9-13-19)21(15-6-10-18(22)11-7-15)20-5-3-2-4-17(20)14-27(23,24)25/h2-13,21-22H,14H2,1H3,(H,23,24,25). The van der Waals surface area contributed by atoms with Crippen molar-refractivity contribution >= 4 is 10.1 Å². The van der Waals surface area contributed by atoms with Crippen LogP contribution < -0.4 is 4.74 Å². The first-order valence-corrected chi connectivity index (χ1v) is 9.94. The van der Waals surface area contributed by atoms with Gasteiger partial charge in [0.05, 0.1) is 7.11 Å². The first-order valence-electron chi connectivity index (χ1n) is 8.33. The summed E-state index contributed by atoms with van der Waals surface area (Å²) < 4.78 is 37.5. The average molecular weight is 384 g/mol. The molecule has 27 heavy (non-hydrogen) atoms. The van der Waals surface area contributed by atoms with Gasteiger partial charge in [-0.25, -0.2) is 0 Å². The van der Waals surface area contributed by atoms with Gasteiger partial charge < -0.3 is 9.84 Å². The fourth-order valence-corrected chi connectivity index (χ4v) is 3.81. The lowest BCUT2D eigenvalue weighted by atomic mass is 9.83. The molecule has 5 nitrogen and oxygen atoms in total. The molecule has 0 aliphatic heterocycles. The highest BCUT2D eigenvalue weighted by Gasteiger charge is 2.22. The molecule has 0 amide bonds. The maximum absolute atomic E-state index is 11.5. The third-order valence-electron chi connectivity index (χ3n) is 4.38. The molecule has 1 atom stereocenters. The first kappa shape index (κ1) is 18.9. The Kier molecular flexibility index (Phi) is 5.48. The quantitative estimate of drug-likeness (QED) is 0.496. The maximum Gasteiger partial charge on any atom is 0.269 e. The van der Waals surface area contributed by atoms with Crippen LogP contribution >= 0.6 is 0 Å². The summed E-state index contributed by atoms with van der Waals surface area (Å²) in [6, 6.07) is 21.4. The van der Waals surface area contributed by atoms with Gasteiger partial charge in [0.25, 0.3) is 10.1 Å². The van der Waals surface area contributed by atoms with Gasteiger partial charge in [-0.2, -0.15) is 8.42 Å². The molecule has 0 heterocycles. The van der Waals surface area contributed by atoms with E-state index in [0.29, 0.717) is 5.56 Å². The fraction of sp³-hybridized carbons (Fsp3) is 0.143. The zero-order chi connectivity index (χ0) is 19.4. The zero-order valence-electron chi connectivity index (χ0n) is 14.7. The summed E-state index contributed by atoms with van der Waals surface area (Å²) in [4.78, 5) is 0. The summed E-state index contributed by atoms with van der Waals surface area (Å²) in [6.45, 7) is 0. The van der Waals surface area contributed by atoms with Crippen molar-refractivity contribution in [3.63, 3.8) is 0 Å². The van der Waals surface area contributed by atoms with Gasteiger partial charge in [-0.1, -0.05) is 48.5 Å². The van der Waals surface area contributed by atoms with Crippen LogP contribution in [0, 0.1) is 0 Å². The largest absolute Gasteiger partial charge is 0.508 e. The molecule has 0 fully saturated rings. The van der Waals surface area contributed by atoms with Gasteiger partial charge in [0, 0.05) is 5.92 Å². The van der Waals surface area contributed by atoms with Crippen LogP contribution in [-0.2, 0) is 15.9 Å². The Morgan fingerprint density at radius 3 is 2.00 bits per heavy atom. The Bertz CT molecular complexity index is 1010. The molecule has 140 valence electrons. The number of phenolic OH excluding ortho intramolecular Hbond substituents is 1. The summed E-state index contributed by atoms with van der Waals surface area (Å²) in [5.41, 5.74) is 3.12. The molecule has 3 rings (SSSR count). The molecule has 0 spiro atoms. The lowest BCUT2D eigenvalue weighted by Gasteiger charge is -2.22. The van der Waals surface area contributed by atoms with Crippen LogP contribution in [0.25, 0.3) is 0 Å². The summed E-state index contributed by atoms with van der Waals surface area (Å²) in [5, 5.41) is 9.63. The number of phenols is 1. The van der Waals surface area contributed by atoms with Crippen LogP contribution in [0.4, 0.5) is 0 Å². The van der Waals surface area contributed by atoms with Gasteiger partial charge in [0.1, 0.15) is 17.3 Å². The van der Waals surface area contributed by atoms with E-state index in [1.54, 1.807) is 43.5 Å². The molecule has 3 aromatic carbocycles. The van der Waals surface area contributed by atoms with Crippen molar-refractivity contribution in [2.45, 2.75) is 11.7 Å². The van der Waals surface area contributed by atoms with Gasteiger partial charge in [-0.05, 0) is 46.5 Å². The fourth-order valence-electron chi connectivity index (χ4n) is 3.16. The highest BCUT2D eigenvalue weighted by Crippen LogP contribution is 2.35. The van der Waals surface area contributed by atoms with E-state index in [2.05, 4.69) is 0 Å². The van der Waals surface area contributed by atoms with Gasteiger partial charge >= 0.3 is 0 Å². The number of rotatable bonds is 6. The Morgan fingerprint density at radius 2 is 1.44 bits per heavy atom. The van der Waals surface area contributed by atoms with Gasteiger partial charge in [0.2, 0.25) is 0 Å². The Hall–Kier alpha value is -2.83. The molecule has 3 aromatic rings. The van der Waals surface area contributed by atoms with E-state index in [1.807, 2.05) is 36.4 Å². The van der Waals surface area contributed by atoms with Crippen LogP contribution in [0.3, 0.4) is 0 Å². The van der Waals surface area contributed by atoms with E-state index in [9.17, 15) is 18.1 Å². The predicted molar refractivity (Wildman–Crippen MR) is 104 cm³/mol. The van der Waals surface area contributed by atoms with Crippen LogP contribution in [-0.4, -0.2) is 25.2 Å². The van der Waals surface area contributed by atoms with Crippen molar-refractivity contribution in [1.82, 2.24) is 0 Å². The van der Waals surface area contributed by atoms with E-state index in [-0.39, 0.29) is 11.7 Å². The summed E-state index contributed by atoms with van der Waals surface area (Å²) in [7, 11) is -2.58. The molecule has 0 aliphatic carbocycles. The molecule has 0 radical (unpaired) electrons. The average Bonchev–Trinajstić information content (AvgIpc) is 2.64. The highest BCUT2D eigenvalue weighted by atomic mass is 32.2. The second kappa shape index (κ2) is 7.82. The number of hydrogen-bond donors (Lipinski definition) is 2. The van der Waals surface area contributed by atoms with Crippen LogP contribution in [0.1, 0.15) is 28.2 Å². The maximum atomic E-state index is 11.5. The number of hydrogen-bond acceptors (Lipinski definition) is 4. The number of ether oxygens (including phenoxy) is 1.